The molecule has 2 aromatic heterocycles. The standard InChI is InChI=1S/C15H16N2O3S/c1-11-5-3-4-8-15(11,2)21(19,20)17-10-7-12-6-9-16-14(18)13(12)17/h3-7,9-10H,8H2,1-2H3,(H,16,18). The van der Waals surface area contributed by atoms with Crippen LogP contribution in [0.15, 0.2) is 53.1 Å². The van der Waals surface area contributed by atoms with Gasteiger partial charge in [-0.25, -0.2) is 12.4 Å². The molecule has 2 aromatic rings. The number of nitrogens with zero attached hydrogens (tertiary/aromatic N) is 1. The van der Waals surface area contributed by atoms with Crippen molar-refractivity contribution >= 4 is 20.9 Å². The lowest BCUT2D eigenvalue weighted by atomic mass is 9.94. The first-order valence-corrected chi connectivity index (χ1v) is 8.10. The fourth-order valence-electron chi connectivity index (χ4n) is 2.64. The van der Waals surface area contributed by atoms with Crippen molar-refractivity contribution in [1.82, 2.24) is 8.96 Å². The van der Waals surface area contributed by atoms with Crippen molar-refractivity contribution in [2.75, 3.05) is 0 Å². The molecule has 1 aliphatic carbocycles. The number of aromatic amines is 1. The molecule has 0 aromatic carbocycles. The summed E-state index contributed by atoms with van der Waals surface area (Å²) < 4.78 is 26.2. The zero-order valence-corrected chi connectivity index (χ0v) is 12.6. The van der Waals surface area contributed by atoms with Crippen LogP contribution in [0, 0.1) is 0 Å². The molecule has 0 spiro atoms. The van der Waals surface area contributed by atoms with Gasteiger partial charge in [-0.3, -0.25) is 4.79 Å². The van der Waals surface area contributed by atoms with E-state index in [1.165, 1.54) is 12.4 Å². The summed E-state index contributed by atoms with van der Waals surface area (Å²) in [5, 5.41) is 0.610. The summed E-state index contributed by atoms with van der Waals surface area (Å²) in [4.78, 5) is 14.5. The number of fused-ring (bicyclic) bond motifs is 1. The summed E-state index contributed by atoms with van der Waals surface area (Å²) in [6.45, 7) is 3.50. The van der Waals surface area contributed by atoms with Crippen LogP contribution in [0.5, 0.6) is 0 Å². The average molecular weight is 304 g/mol. The van der Waals surface area contributed by atoms with Crippen LogP contribution in [-0.4, -0.2) is 22.1 Å². The Morgan fingerprint density at radius 1 is 1.33 bits per heavy atom. The van der Waals surface area contributed by atoms with Crippen LogP contribution in [0.4, 0.5) is 0 Å². The monoisotopic (exact) mass is 304 g/mol. The Hall–Kier alpha value is -2.08. The molecule has 6 heteroatoms. The number of nitrogens with one attached hydrogen (secondary N) is 1. The molecule has 0 radical (unpaired) electrons. The summed E-state index contributed by atoms with van der Waals surface area (Å²) in [6, 6.07) is 3.33. The molecule has 0 aliphatic heterocycles. The quantitative estimate of drug-likeness (QED) is 0.924. The molecule has 1 atom stereocenters. The van der Waals surface area contributed by atoms with Gasteiger partial charge in [0.2, 0.25) is 10.0 Å². The Balaban J connectivity index is 2.30. The number of aromatic nitrogens is 2. The molecule has 1 aliphatic rings. The van der Waals surface area contributed by atoms with Crippen molar-refractivity contribution in [3.05, 3.63) is 58.7 Å². The van der Waals surface area contributed by atoms with E-state index in [1.807, 2.05) is 12.2 Å². The Labute approximate surface area is 122 Å². The van der Waals surface area contributed by atoms with E-state index < -0.39 is 20.3 Å². The molecule has 0 saturated carbocycles. The van der Waals surface area contributed by atoms with E-state index in [4.69, 9.17) is 0 Å². The molecule has 0 fully saturated rings. The number of rotatable bonds is 2. The Morgan fingerprint density at radius 3 is 2.81 bits per heavy atom. The largest absolute Gasteiger partial charge is 0.327 e. The maximum atomic E-state index is 13.1. The molecular weight excluding hydrogens is 288 g/mol. The topological polar surface area (TPSA) is 71.9 Å². The van der Waals surface area contributed by atoms with E-state index in [-0.39, 0.29) is 5.52 Å². The molecule has 21 heavy (non-hydrogen) atoms. The number of H-pyrrole nitrogens is 1. The molecule has 110 valence electrons. The molecule has 1 unspecified atom stereocenters. The SMILES string of the molecule is CC1=CC=CCC1(C)S(=O)(=O)n1ccc2cc[nH]c(=O)c21. The minimum Gasteiger partial charge on any atom is -0.327 e. The third kappa shape index (κ3) is 1.82. The maximum Gasteiger partial charge on any atom is 0.273 e. The van der Waals surface area contributed by atoms with Gasteiger partial charge < -0.3 is 4.98 Å². The highest BCUT2D eigenvalue weighted by molar-refractivity contribution is 7.91. The van der Waals surface area contributed by atoms with Gasteiger partial charge in [-0.2, -0.15) is 0 Å². The van der Waals surface area contributed by atoms with E-state index in [2.05, 4.69) is 4.98 Å². The van der Waals surface area contributed by atoms with Gasteiger partial charge in [0.25, 0.3) is 5.56 Å². The van der Waals surface area contributed by atoms with E-state index >= 15 is 0 Å². The normalized spacial score (nSPS) is 22.5. The summed E-state index contributed by atoms with van der Waals surface area (Å²) in [5.41, 5.74) is 0.526. The van der Waals surface area contributed by atoms with Crippen LogP contribution in [0.25, 0.3) is 10.9 Å². The van der Waals surface area contributed by atoms with Crippen LogP contribution < -0.4 is 5.56 Å². The first-order chi connectivity index (χ1) is 9.88. The molecule has 0 bridgehead atoms. The first-order valence-electron chi connectivity index (χ1n) is 6.66. The highest BCUT2D eigenvalue weighted by Gasteiger charge is 2.42. The second-order valence-corrected chi connectivity index (χ2v) is 7.68. The predicted octanol–water partition coefficient (Wildman–Crippen LogP) is 2.17. The Morgan fingerprint density at radius 2 is 2.10 bits per heavy atom. The van der Waals surface area contributed by atoms with Crippen molar-refractivity contribution in [2.45, 2.75) is 25.0 Å². The summed E-state index contributed by atoms with van der Waals surface area (Å²) >= 11 is 0. The van der Waals surface area contributed by atoms with Gasteiger partial charge in [0.15, 0.2) is 0 Å². The van der Waals surface area contributed by atoms with Gasteiger partial charge in [0.1, 0.15) is 10.3 Å². The number of hydrogen-bond acceptors (Lipinski definition) is 3. The third-order valence-electron chi connectivity index (χ3n) is 4.23. The smallest absolute Gasteiger partial charge is 0.273 e. The second-order valence-electron chi connectivity index (χ2n) is 5.44. The third-order valence-corrected chi connectivity index (χ3v) is 6.68. The van der Waals surface area contributed by atoms with Crippen molar-refractivity contribution in [3.63, 3.8) is 0 Å². The Kier molecular flexibility index (Phi) is 2.95. The summed E-state index contributed by atoms with van der Waals surface area (Å²) in [6.07, 6.45) is 8.84. The van der Waals surface area contributed by atoms with E-state index in [0.29, 0.717) is 11.8 Å². The molecule has 0 amide bonds. The molecular formula is C15H16N2O3S. The fraction of sp³-hybridized carbons (Fsp3) is 0.267. The van der Waals surface area contributed by atoms with E-state index in [0.717, 1.165) is 9.55 Å². The van der Waals surface area contributed by atoms with Crippen LogP contribution in [0.3, 0.4) is 0 Å². The van der Waals surface area contributed by atoms with Crippen LogP contribution in [0.1, 0.15) is 20.3 Å². The average Bonchev–Trinajstić information content (AvgIpc) is 2.88. The van der Waals surface area contributed by atoms with Gasteiger partial charge in [-0.15, -0.1) is 0 Å². The lowest BCUT2D eigenvalue weighted by Gasteiger charge is -2.31. The molecule has 5 nitrogen and oxygen atoms in total. The van der Waals surface area contributed by atoms with E-state index in [1.54, 1.807) is 32.1 Å². The van der Waals surface area contributed by atoms with Crippen molar-refractivity contribution in [2.24, 2.45) is 0 Å². The zero-order chi connectivity index (χ0) is 15.3. The minimum absolute atomic E-state index is 0.168. The maximum absolute atomic E-state index is 13.1. The highest BCUT2D eigenvalue weighted by atomic mass is 32.2. The number of allylic oxidation sites excluding steroid dienone is 3. The van der Waals surface area contributed by atoms with Gasteiger partial charge in [0.05, 0.1) is 0 Å². The van der Waals surface area contributed by atoms with Crippen molar-refractivity contribution in [3.8, 4) is 0 Å². The second kappa shape index (κ2) is 4.46. The lowest BCUT2D eigenvalue weighted by Crippen LogP contribution is -2.41. The van der Waals surface area contributed by atoms with Gasteiger partial charge in [-0.05, 0) is 32.4 Å². The molecule has 0 saturated heterocycles. The van der Waals surface area contributed by atoms with Gasteiger partial charge in [-0.1, -0.05) is 23.8 Å². The highest BCUT2D eigenvalue weighted by Crippen LogP contribution is 2.35. The summed E-state index contributed by atoms with van der Waals surface area (Å²) in [5.74, 6) is 0. The van der Waals surface area contributed by atoms with Crippen molar-refractivity contribution in [1.29, 1.82) is 0 Å². The van der Waals surface area contributed by atoms with Gasteiger partial charge in [0, 0.05) is 17.8 Å². The molecule has 3 rings (SSSR count). The number of pyridine rings is 1. The minimum atomic E-state index is -3.74. The summed E-state index contributed by atoms with van der Waals surface area (Å²) in [7, 11) is -3.74. The molecule has 1 N–H and O–H groups in total. The molecule has 2 heterocycles. The van der Waals surface area contributed by atoms with Crippen LogP contribution >= 0.6 is 0 Å². The zero-order valence-electron chi connectivity index (χ0n) is 11.8. The van der Waals surface area contributed by atoms with Crippen LogP contribution in [-0.2, 0) is 10.0 Å². The number of hydrogen-bond donors (Lipinski definition) is 1. The van der Waals surface area contributed by atoms with Crippen LogP contribution in [0.2, 0.25) is 0 Å². The predicted molar refractivity (Wildman–Crippen MR) is 82.8 cm³/mol. The first kappa shape index (κ1) is 13.9. The van der Waals surface area contributed by atoms with Gasteiger partial charge >= 0.3 is 0 Å². The fourth-order valence-corrected chi connectivity index (χ4v) is 4.50. The lowest BCUT2D eigenvalue weighted by molar-refractivity contribution is 0.546. The Bertz CT molecular complexity index is 931. The van der Waals surface area contributed by atoms with E-state index in [9.17, 15) is 13.2 Å². The van der Waals surface area contributed by atoms with Crippen molar-refractivity contribution < 1.29 is 8.42 Å².